The van der Waals surface area contributed by atoms with Crippen molar-refractivity contribution in [2.24, 2.45) is 0 Å². The Kier molecular flexibility index (Phi) is 1.45. The van der Waals surface area contributed by atoms with E-state index in [0.717, 1.165) is 10.9 Å². The number of hydrogen-bond donors (Lipinski definition) is 0. The first-order valence-electron chi connectivity index (χ1n) is 3.43. The monoisotopic (exact) mass is 155 g/mol. The zero-order valence-electron chi connectivity index (χ0n) is 6.23. The van der Waals surface area contributed by atoms with E-state index in [1.54, 1.807) is 12.4 Å². The summed E-state index contributed by atoms with van der Waals surface area (Å²) < 4.78 is 0. The van der Waals surface area contributed by atoms with Crippen LogP contribution in [0.4, 0.5) is 0 Å². The van der Waals surface area contributed by atoms with E-state index < -0.39 is 0 Å². The summed E-state index contributed by atoms with van der Waals surface area (Å²) in [5, 5.41) is 0.870. The molecule has 0 radical (unpaired) electrons. The Bertz CT molecular complexity index is 451. The van der Waals surface area contributed by atoms with Gasteiger partial charge < -0.3 is 0 Å². The molecule has 0 atom stereocenters. The average molecular weight is 155 g/mol. The third-order valence-electron chi connectivity index (χ3n) is 1.58. The van der Waals surface area contributed by atoms with Crippen molar-refractivity contribution in [2.45, 2.75) is 0 Å². The molecule has 2 rings (SSSR count). The highest BCUT2D eigenvalue weighted by Gasteiger charge is 1.98. The molecule has 3 heteroatoms. The fraction of sp³-hybridized carbons (Fsp3) is 0. The predicted octanol–water partition coefficient (Wildman–Crippen LogP) is 1.01. The van der Waals surface area contributed by atoms with Crippen molar-refractivity contribution >= 4 is 10.9 Å². The minimum Gasteiger partial charge on any atom is -0.262 e. The lowest BCUT2D eigenvalue weighted by atomic mass is 10.2. The highest BCUT2D eigenvalue weighted by molar-refractivity contribution is 5.81. The molecule has 0 unspecified atom stereocenters. The molecular weight excluding hydrogens is 150 g/mol. The molecule has 12 heavy (non-hydrogen) atoms. The van der Waals surface area contributed by atoms with Crippen LogP contribution in [0.2, 0.25) is 0 Å². The van der Waals surface area contributed by atoms with Crippen molar-refractivity contribution in [3.63, 3.8) is 0 Å². The predicted molar refractivity (Wildman–Crippen MR) is 45.3 cm³/mol. The lowest BCUT2D eigenvalue weighted by Gasteiger charge is -1.95. The first-order chi connectivity index (χ1) is 5.92. The molecule has 2 aromatic rings. The van der Waals surface area contributed by atoms with Gasteiger partial charge in [0, 0.05) is 11.6 Å². The van der Waals surface area contributed by atoms with E-state index in [0.29, 0.717) is 5.69 Å². The van der Waals surface area contributed by atoms with Crippen LogP contribution < -0.4 is 0 Å². The van der Waals surface area contributed by atoms with Gasteiger partial charge in [-0.1, -0.05) is 0 Å². The summed E-state index contributed by atoms with van der Waals surface area (Å²) in [5.41, 5.74) is 1.39. The van der Waals surface area contributed by atoms with Gasteiger partial charge in [-0.2, -0.15) is 0 Å². The minimum atomic E-state index is 0.613. The second-order valence-electron chi connectivity index (χ2n) is 2.26. The van der Waals surface area contributed by atoms with E-state index in [4.69, 9.17) is 6.42 Å². The van der Waals surface area contributed by atoms with E-state index in [9.17, 15) is 0 Å². The number of nitrogens with zero attached hydrogens (tertiary/aromatic N) is 3. The summed E-state index contributed by atoms with van der Waals surface area (Å²) >= 11 is 0. The fourth-order valence-corrected chi connectivity index (χ4v) is 1.02. The van der Waals surface area contributed by atoms with Gasteiger partial charge in [0.2, 0.25) is 0 Å². The molecular formula is C9H5N3. The Morgan fingerprint density at radius 2 is 2.25 bits per heavy atom. The molecule has 0 amide bonds. The summed E-state index contributed by atoms with van der Waals surface area (Å²) in [6.45, 7) is 0. The molecule has 56 valence electrons. The summed E-state index contributed by atoms with van der Waals surface area (Å²) in [4.78, 5) is 11.9. The lowest BCUT2D eigenvalue weighted by Crippen LogP contribution is -1.88. The van der Waals surface area contributed by atoms with Gasteiger partial charge >= 0.3 is 0 Å². The molecule has 3 nitrogen and oxygen atoms in total. The van der Waals surface area contributed by atoms with Crippen LogP contribution in [0, 0.1) is 12.3 Å². The van der Waals surface area contributed by atoms with Crippen molar-refractivity contribution in [3.8, 4) is 12.3 Å². The Hall–Kier alpha value is -1.95. The number of hydrogen-bond acceptors (Lipinski definition) is 3. The molecule has 0 aliphatic carbocycles. The summed E-state index contributed by atoms with van der Waals surface area (Å²) in [6, 6.07) is 1.81. The quantitative estimate of drug-likeness (QED) is 0.533. The third kappa shape index (κ3) is 0.903. The topological polar surface area (TPSA) is 38.7 Å². The Labute approximate surface area is 69.5 Å². The third-order valence-corrected chi connectivity index (χ3v) is 1.58. The van der Waals surface area contributed by atoms with Crippen molar-refractivity contribution in [1.29, 1.82) is 0 Å². The van der Waals surface area contributed by atoms with E-state index in [1.807, 2.05) is 6.07 Å². The second kappa shape index (κ2) is 2.59. The standard InChI is InChI=1S/C9H5N3/c1-2-8-7-3-4-10-5-9(7)12-6-11-8/h1,3-6H. The van der Waals surface area contributed by atoms with Crippen LogP contribution in [0.15, 0.2) is 24.8 Å². The van der Waals surface area contributed by atoms with Gasteiger partial charge in [-0.05, 0) is 12.0 Å². The van der Waals surface area contributed by atoms with Gasteiger partial charge in [0.25, 0.3) is 0 Å². The maximum absolute atomic E-state index is 5.26. The zero-order valence-corrected chi connectivity index (χ0v) is 6.23. The van der Waals surface area contributed by atoms with Gasteiger partial charge in [0.1, 0.15) is 12.0 Å². The number of fused-ring (bicyclic) bond motifs is 1. The molecule has 0 N–H and O–H groups in total. The Morgan fingerprint density at radius 1 is 1.33 bits per heavy atom. The van der Waals surface area contributed by atoms with Crippen molar-refractivity contribution in [1.82, 2.24) is 15.0 Å². The first kappa shape index (κ1) is 6.74. The second-order valence-corrected chi connectivity index (χ2v) is 2.26. The largest absolute Gasteiger partial charge is 0.262 e. The van der Waals surface area contributed by atoms with Crippen molar-refractivity contribution < 1.29 is 0 Å². The van der Waals surface area contributed by atoms with Crippen LogP contribution in [0.1, 0.15) is 5.69 Å². The first-order valence-corrected chi connectivity index (χ1v) is 3.43. The maximum Gasteiger partial charge on any atom is 0.124 e. The molecule has 0 saturated heterocycles. The molecule has 0 bridgehead atoms. The zero-order chi connectivity index (χ0) is 8.39. The van der Waals surface area contributed by atoms with Gasteiger partial charge in [-0.15, -0.1) is 6.42 Å². The molecule has 2 heterocycles. The van der Waals surface area contributed by atoms with Crippen molar-refractivity contribution in [2.75, 3.05) is 0 Å². The molecule has 2 aromatic heterocycles. The van der Waals surface area contributed by atoms with Gasteiger partial charge in [-0.25, -0.2) is 9.97 Å². The molecule has 0 saturated carbocycles. The maximum atomic E-state index is 5.26. The molecule has 0 spiro atoms. The Morgan fingerprint density at radius 3 is 3.08 bits per heavy atom. The smallest absolute Gasteiger partial charge is 0.124 e. The van der Waals surface area contributed by atoms with Crippen molar-refractivity contribution in [3.05, 3.63) is 30.5 Å². The highest BCUT2D eigenvalue weighted by Crippen LogP contribution is 2.10. The minimum absolute atomic E-state index is 0.613. The normalized spacial score (nSPS) is 9.58. The number of rotatable bonds is 0. The van der Waals surface area contributed by atoms with Gasteiger partial charge in [-0.3, -0.25) is 4.98 Å². The van der Waals surface area contributed by atoms with Crippen LogP contribution in [0.25, 0.3) is 10.9 Å². The average Bonchev–Trinajstić information content (AvgIpc) is 2.17. The van der Waals surface area contributed by atoms with E-state index in [-0.39, 0.29) is 0 Å². The molecule has 0 aliphatic heterocycles. The lowest BCUT2D eigenvalue weighted by molar-refractivity contribution is 1.18. The molecule has 0 aliphatic rings. The highest BCUT2D eigenvalue weighted by atomic mass is 14.8. The van der Waals surface area contributed by atoms with E-state index in [2.05, 4.69) is 20.9 Å². The van der Waals surface area contributed by atoms with Crippen LogP contribution in [-0.2, 0) is 0 Å². The number of aromatic nitrogens is 3. The van der Waals surface area contributed by atoms with Crippen LogP contribution in [-0.4, -0.2) is 15.0 Å². The summed E-state index contributed by atoms with van der Waals surface area (Å²) in [7, 11) is 0. The van der Waals surface area contributed by atoms with Gasteiger partial charge in [0.05, 0.1) is 11.7 Å². The SMILES string of the molecule is C#Cc1ncnc2cnccc12. The van der Waals surface area contributed by atoms with Gasteiger partial charge in [0.15, 0.2) is 0 Å². The molecule has 0 aromatic carbocycles. The molecule has 0 fully saturated rings. The summed E-state index contributed by atoms with van der Waals surface area (Å²) in [5.74, 6) is 2.49. The summed E-state index contributed by atoms with van der Waals surface area (Å²) in [6.07, 6.45) is 10.0. The fourth-order valence-electron chi connectivity index (χ4n) is 1.02. The van der Waals surface area contributed by atoms with E-state index >= 15 is 0 Å². The van der Waals surface area contributed by atoms with Crippen LogP contribution >= 0.6 is 0 Å². The number of terminal acetylenes is 1. The van der Waals surface area contributed by atoms with E-state index in [1.165, 1.54) is 6.33 Å². The van der Waals surface area contributed by atoms with Crippen LogP contribution in [0.3, 0.4) is 0 Å². The van der Waals surface area contributed by atoms with Crippen LogP contribution in [0.5, 0.6) is 0 Å². The number of pyridine rings is 1. The Balaban J connectivity index is 2.91.